The van der Waals surface area contributed by atoms with Crippen LogP contribution < -0.4 is 5.32 Å². The standard InChI is InChI=1S/C15H25N3O/c1-11-3-4-13(12(2)7-11)18-10-17-8-14(18)15-9-16-5-6-19-15/h8,10-13,15-16H,3-7,9H2,1-2H3. The molecule has 1 aliphatic carbocycles. The van der Waals surface area contributed by atoms with E-state index in [0.29, 0.717) is 6.04 Å². The predicted molar refractivity (Wildman–Crippen MR) is 75.0 cm³/mol. The summed E-state index contributed by atoms with van der Waals surface area (Å²) in [4.78, 5) is 4.38. The van der Waals surface area contributed by atoms with Crippen LogP contribution in [0.15, 0.2) is 12.5 Å². The molecule has 2 fully saturated rings. The molecule has 19 heavy (non-hydrogen) atoms. The number of hydrogen-bond acceptors (Lipinski definition) is 3. The largest absolute Gasteiger partial charge is 0.369 e. The zero-order valence-corrected chi connectivity index (χ0v) is 12.0. The van der Waals surface area contributed by atoms with Crippen LogP contribution in [-0.4, -0.2) is 29.2 Å². The second-order valence-electron chi connectivity index (χ2n) is 6.25. The first kappa shape index (κ1) is 13.1. The third-order valence-corrected chi connectivity index (χ3v) is 4.70. The average molecular weight is 263 g/mol. The summed E-state index contributed by atoms with van der Waals surface area (Å²) in [6.07, 6.45) is 8.09. The Balaban J connectivity index is 1.79. The Morgan fingerprint density at radius 1 is 1.37 bits per heavy atom. The fourth-order valence-electron chi connectivity index (χ4n) is 3.66. The first-order valence-corrected chi connectivity index (χ1v) is 7.59. The number of hydrogen-bond donors (Lipinski definition) is 1. The van der Waals surface area contributed by atoms with E-state index in [1.807, 2.05) is 12.5 Å². The number of nitrogens with zero attached hydrogens (tertiary/aromatic N) is 2. The molecule has 106 valence electrons. The minimum Gasteiger partial charge on any atom is -0.369 e. The van der Waals surface area contributed by atoms with Gasteiger partial charge in [-0.25, -0.2) is 4.98 Å². The van der Waals surface area contributed by atoms with Gasteiger partial charge in [0.25, 0.3) is 0 Å². The quantitative estimate of drug-likeness (QED) is 0.891. The van der Waals surface area contributed by atoms with Crippen molar-refractivity contribution < 1.29 is 4.74 Å². The molecule has 4 unspecified atom stereocenters. The Bertz CT molecular complexity index is 411. The number of imidazole rings is 1. The van der Waals surface area contributed by atoms with Gasteiger partial charge in [0, 0.05) is 19.1 Å². The molecule has 0 aromatic carbocycles. The summed E-state index contributed by atoms with van der Waals surface area (Å²) in [5.74, 6) is 1.60. The van der Waals surface area contributed by atoms with Gasteiger partial charge in [-0.2, -0.15) is 0 Å². The van der Waals surface area contributed by atoms with Crippen LogP contribution in [0.25, 0.3) is 0 Å². The topological polar surface area (TPSA) is 39.1 Å². The predicted octanol–water partition coefficient (Wildman–Crippen LogP) is 2.54. The van der Waals surface area contributed by atoms with E-state index < -0.39 is 0 Å². The summed E-state index contributed by atoms with van der Waals surface area (Å²) in [5.41, 5.74) is 1.25. The number of ether oxygens (including phenoxy) is 1. The monoisotopic (exact) mass is 263 g/mol. The summed E-state index contributed by atoms with van der Waals surface area (Å²) in [6.45, 7) is 7.41. The second-order valence-corrected chi connectivity index (χ2v) is 6.25. The fourth-order valence-corrected chi connectivity index (χ4v) is 3.66. The van der Waals surface area contributed by atoms with E-state index in [1.54, 1.807) is 0 Å². The molecule has 4 atom stereocenters. The molecule has 0 amide bonds. The SMILES string of the molecule is CC1CCC(n2cncc2C2CNCCO2)C(C)C1. The van der Waals surface area contributed by atoms with Crippen LogP contribution in [0.2, 0.25) is 0 Å². The normalized spacial score (nSPS) is 36.3. The molecular weight excluding hydrogens is 238 g/mol. The van der Waals surface area contributed by atoms with Crippen molar-refractivity contribution in [2.75, 3.05) is 19.7 Å². The van der Waals surface area contributed by atoms with Crippen molar-refractivity contribution in [3.05, 3.63) is 18.2 Å². The lowest BCUT2D eigenvalue weighted by atomic mass is 9.79. The van der Waals surface area contributed by atoms with E-state index in [1.165, 1.54) is 25.0 Å². The minimum absolute atomic E-state index is 0.169. The number of rotatable bonds is 2. The Hall–Kier alpha value is -0.870. The van der Waals surface area contributed by atoms with Gasteiger partial charge in [0.1, 0.15) is 6.10 Å². The fraction of sp³-hybridized carbons (Fsp3) is 0.800. The van der Waals surface area contributed by atoms with Crippen molar-refractivity contribution in [2.24, 2.45) is 11.8 Å². The molecule has 1 N–H and O–H groups in total. The Morgan fingerprint density at radius 3 is 3.00 bits per heavy atom. The number of morpholine rings is 1. The van der Waals surface area contributed by atoms with Gasteiger partial charge in [-0.3, -0.25) is 0 Å². The highest BCUT2D eigenvalue weighted by Crippen LogP contribution is 2.38. The maximum absolute atomic E-state index is 5.89. The van der Waals surface area contributed by atoms with Crippen molar-refractivity contribution in [2.45, 2.75) is 45.3 Å². The molecule has 2 aliphatic rings. The average Bonchev–Trinajstić information content (AvgIpc) is 2.89. The number of nitrogens with one attached hydrogen (secondary N) is 1. The van der Waals surface area contributed by atoms with E-state index in [4.69, 9.17) is 4.74 Å². The molecular formula is C15H25N3O. The molecule has 1 saturated carbocycles. The lowest BCUT2D eigenvalue weighted by Gasteiger charge is -2.35. The summed E-state index contributed by atoms with van der Waals surface area (Å²) in [6, 6.07) is 0.597. The van der Waals surface area contributed by atoms with E-state index in [9.17, 15) is 0 Å². The van der Waals surface area contributed by atoms with Crippen molar-refractivity contribution >= 4 is 0 Å². The maximum atomic E-state index is 5.89. The van der Waals surface area contributed by atoms with Crippen LogP contribution in [-0.2, 0) is 4.74 Å². The van der Waals surface area contributed by atoms with E-state index in [-0.39, 0.29) is 6.10 Å². The summed E-state index contributed by atoms with van der Waals surface area (Å²) >= 11 is 0. The minimum atomic E-state index is 0.169. The van der Waals surface area contributed by atoms with Gasteiger partial charge in [-0.15, -0.1) is 0 Å². The van der Waals surface area contributed by atoms with Crippen molar-refractivity contribution in [3.8, 4) is 0 Å². The van der Waals surface area contributed by atoms with Gasteiger partial charge in [0.15, 0.2) is 0 Å². The Morgan fingerprint density at radius 2 is 2.26 bits per heavy atom. The Labute approximate surface area is 115 Å². The van der Waals surface area contributed by atoms with Crippen LogP contribution >= 0.6 is 0 Å². The molecule has 0 radical (unpaired) electrons. The van der Waals surface area contributed by atoms with Gasteiger partial charge >= 0.3 is 0 Å². The molecule has 0 spiro atoms. The zero-order chi connectivity index (χ0) is 13.2. The van der Waals surface area contributed by atoms with Crippen LogP contribution in [0.1, 0.15) is 50.9 Å². The van der Waals surface area contributed by atoms with E-state index >= 15 is 0 Å². The van der Waals surface area contributed by atoms with Crippen LogP contribution in [0, 0.1) is 11.8 Å². The van der Waals surface area contributed by atoms with Crippen molar-refractivity contribution in [1.29, 1.82) is 0 Å². The third kappa shape index (κ3) is 2.70. The molecule has 1 aromatic heterocycles. The second kappa shape index (κ2) is 5.63. The maximum Gasteiger partial charge on any atom is 0.111 e. The molecule has 1 saturated heterocycles. The van der Waals surface area contributed by atoms with Crippen LogP contribution in [0.5, 0.6) is 0 Å². The molecule has 1 aliphatic heterocycles. The molecule has 4 heteroatoms. The van der Waals surface area contributed by atoms with Gasteiger partial charge in [0.05, 0.1) is 24.8 Å². The summed E-state index contributed by atoms with van der Waals surface area (Å²) in [5, 5.41) is 3.41. The van der Waals surface area contributed by atoms with Gasteiger partial charge in [0.2, 0.25) is 0 Å². The first-order chi connectivity index (χ1) is 9.25. The molecule has 2 heterocycles. The molecule has 1 aromatic rings. The third-order valence-electron chi connectivity index (χ3n) is 4.70. The van der Waals surface area contributed by atoms with Crippen LogP contribution in [0.3, 0.4) is 0 Å². The molecule has 0 bridgehead atoms. The lowest BCUT2D eigenvalue weighted by molar-refractivity contribution is 0.0202. The lowest BCUT2D eigenvalue weighted by Crippen LogP contribution is -2.35. The van der Waals surface area contributed by atoms with Gasteiger partial charge in [-0.05, 0) is 31.1 Å². The highest BCUT2D eigenvalue weighted by Gasteiger charge is 2.30. The summed E-state index contributed by atoms with van der Waals surface area (Å²) in [7, 11) is 0. The summed E-state index contributed by atoms with van der Waals surface area (Å²) < 4.78 is 8.27. The smallest absolute Gasteiger partial charge is 0.111 e. The van der Waals surface area contributed by atoms with Crippen molar-refractivity contribution in [3.63, 3.8) is 0 Å². The zero-order valence-electron chi connectivity index (χ0n) is 12.0. The van der Waals surface area contributed by atoms with E-state index in [2.05, 4.69) is 28.7 Å². The highest BCUT2D eigenvalue weighted by molar-refractivity contribution is 5.07. The van der Waals surface area contributed by atoms with E-state index in [0.717, 1.165) is 31.5 Å². The van der Waals surface area contributed by atoms with Crippen molar-refractivity contribution in [1.82, 2.24) is 14.9 Å². The highest BCUT2D eigenvalue weighted by atomic mass is 16.5. The Kier molecular flexibility index (Phi) is 3.89. The molecule has 3 rings (SSSR count). The van der Waals surface area contributed by atoms with Gasteiger partial charge < -0.3 is 14.6 Å². The van der Waals surface area contributed by atoms with Gasteiger partial charge in [-0.1, -0.05) is 13.8 Å². The first-order valence-electron chi connectivity index (χ1n) is 7.59. The van der Waals surface area contributed by atoms with Crippen LogP contribution in [0.4, 0.5) is 0 Å². The number of aromatic nitrogens is 2. The molecule has 4 nitrogen and oxygen atoms in total.